The van der Waals surface area contributed by atoms with Crippen LogP contribution in [-0.4, -0.2) is 27.8 Å². The van der Waals surface area contributed by atoms with E-state index >= 15 is 0 Å². The fraction of sp³-hybridized carbons (Fsp3) is 0.348. The zero-order chi connectivity index (χ0) is 21.7. The lowest BCUT2D eigenvalue weighted by Gasteiger charge is -2.17. The average molecular weight is 425 g/mol. The molecule has 0 spiro atoms. The van der Waals surface area contributed by atoms with Gasteiger partial charge in [0.25, 0.3) is 0 Å². The van der Waals surface area contributed by atoms with E-state index in [1.807, 2.05) is 43.5 Å². The van der Waals surface area contributed by atoms with Gasteiger partial charge in [-0.3, -0.25) is 9.36 Å². The van der Waals surface area contributed by atoms with E-state index in [-0.39, 0.29) is 17.9 Å². The number of carbonyl (C=O) groups is 1. The van der Waals surface area contributed by atoms with Crippen LogP contribution in [0.5, 0.6) is 5.75 Å². The zero-order valence-corrected chi connectivity index (χ0v) is 18.9. The summed E-state index contributed by atoms with van der Waals surface area (Å²) < 4.78 is 7.34. The first-order valence-electron chi connectivity index (χ1n) is 9.97. The summed E-state index contributed by atoms with van der Waals surface area (Å²) >= 11 is 1.60. The van der Waals surface area contributed by atoms with Crippen molar-refractivity contribution in [2.75, 3.05) is 7.11 Å². The number of ether oxygens (including phenoxy) is 1. The Balaban J connectivity index is 1.91. The summed E-state index contributed by atoms with van der Waals surface area (Å²) in [6.07, 6.45) is 0. The number of amides is 1. The second-order valence-corrected chi connectivity index (χ2v) is 8.48. The molecule has 0 bridgehead atoms. The predicted octanol–water partition coefficient (Wildman–Crippen LogP) is 4.71. The van der Waals surface area contributed by atoms with E-state index in [2.05, 4.69) is 52.8 Å². The summed E-state index contributed by atoms with van der Waals surface area (Å²) in [5.41, 5.74) is 3.29. The molecule has 0 saturated carbocycles. The monoisotopic (exact) mass is 424 g/mol. The summed E-state index contributed by atoms with van der Waals surface area (Å²) in [6.45, 7) is 7.75. The van der Waals surface area contributed by atoms with Gasteiger partial charge in [-0.05, 0) is 43.7 Å². The van der Waals surface area contributed by atoms with Gasteiger partial charge in [0.1, 0.15) is 5.75 Å². The SMILES string of the molecule is COc1cccc(CSc2nnc([C@H](C)NC(=O)C(C)C)n2-c2ccc(C)cc2)c1. The molecule has 3 rings (SSSR count). The Morgan fingerprint density at radius 3 is 2.53 bits per heavy atom. The minimum absolute atomic E-state index is 0.00783. The lowest BCUT2D eigenvalue weighted by molar-refractivity contribution is -0.124. The van der Waals surface area contributed by atoms with E-state index < -0.39 is 0 Å². The van der Waals surface area contributed by atoms with Gasteiger partial charge in [0.15, 0.2) is 11.0 Å². The van der Waals surface area contributed by atoms with Gasteiger partial charge in [-0.15, -0.1) is 10.2 Å². The number of nitrogens with zero attached hydrogens (tertiary/aromatic N) is 3. The molecule has 1 atom stereocenters. The molecular weight excluding hydrogens is 396 g/mol. The van der Waals surface area contributed by atoms with Crippen molar-refractivity contribution in [2.24, 2.45) is 5.92 Å². The number of methoxy groups -OCH3 is 1. The summed E-state index contributed by atoms with van der Waals surface area (Å²) in [4.78, 5) is 12.2. The molecule has 0 saturated heterocycles. The fourth-order valence-electron chi connectivity index (χ4n) is 2.95. The maximum atomic E-state index is 12.2. The molecule has 1 N–H and O–H groups in total. The third-order valence-electron chi connectivity index (χ3n) is 4.72. The van der Waals surface area contributed by atoms with Crippen LogP contribution in [0.3, 0.4) is 0 Å². The number of aryl methyl sites for hydroxylation is 1. The van der Waals surface area contributed by atoms with E-state index in [1.54, 1.807) is 18.9 Å². The second-order valence-electron chi connectivity index (χ2n) is 7.54. The minimum atomic E-state index is -0.264. The molecule has 30 heavy (non-hydrogen) atoms. The lowest BCUT2D eigenvalue weighted by Crippen LogP contribution is -2.31. The number of hydrogen-bond acceptors (Lipinski definition) is 5. The van der Waals surface area contributed by atoms with Crippen LogP contribution in [-0.2, 0) is 10.5 Å². The van der Waals surface area contributed by atoms with E-state index in [4.69, 9.17) is 4.74 Å². The Labute approximate surface area is 182 Å². The quantitative estimate of drug-likeness (QED) is 0.531. The van der Waals surface area contributed by atoms with Gasteiger partial charge in [0.05, 0.1) is 13.2 Å². The summed E-state index contributed by atoms with van der Waals surface area (Å²) in [5.74, 6) is 2.17. The molecule has 0 aliphatic rings. The summed E-state index contributed by atoms with van der Waals surface area (Å²) in [6, 6.07) is 16.0. The van der Waals surface area contributed by atoms with Crippen LogP contribution in [0, 0.1) is 12.8 Å². The van der Waals surface area contributed by atoms with Crippen molar-refractivity contribution in [1.29, 1.82) is 0 Å². The van der Waals surface area contributed by atoms with E-state index in [9.17, 15) is 4.79 Å². The number of hydrogen-bond donors (Lipinski definition) is 1. The number of rotatable bonds is 8. The molecule has 0 radical (unpaired) electrons. The van der Waals surface area contributed by atoms with Gasteiger partial charge >= 0.3 is 0 Å². The van der Waals surface area contributed by atoms with Crippen LogP contribution in [0.25, 0.3) is 5.69 Å². The summed E-state index contributed by atoms with van der Waals surface area (Å²) in [7, 11) is 1.67. The Morgan fingerprint density at radius 2 is 1.87 bits per heavy atom. The van der Waals surface area contributed by atoms with Gasteiger partial charge in [-0.2, -0.15) is 0 Å². The second kappa shape index (κ2) is 9.80. The van der Waals surface area contributed by atoms with Crippen LogP contribution in [0.1, 0.15) is 43.8 Å². The normalized spacial score (nSPS) is 12.1. The molecule has 0 fully saturated rings. The van der Waals surface area contributed by atoms with E-state index in [0.717, 1.165) is 27.9 Å². The van der Waals surface area contributed by atoms with Crippen molar-refractivity contribution in [3.63, 3.8) is 0 Å². The number of aromatic nitrogens is 3. The maximum absolute atomic E-state index is 12.2. The van der Waals surface area contributed by atoms with Crippen LogP contribution < -0.4 is 10.1 Å². The van der Waals surface area contributed by atoms with E-state index in [0.29, 0.717) is 5.82 Å². The minimum Gasteiger partial charge on any atom is -0.497 e. The lowest BCUT2D eigenvalue weighted by atomic mass is 10.2. The van der Waals surface area contributed by atoms with Gasteiger partial charge in [0.2, 0.25) is 5.91 Å². The van der Waals surface area contributed by atoms with Crippen molar-refractivity contribution in [2.45, 2.75) is 44.6 Å². The van der Waals surface area contributed by atoms with Crippen molar-refractivity contribution in [3.8, 4) is 11.4 Å². The van der Waals surface area contributed by atoms with Crippen LogP contribution in [0.2, 0.25) is 0 Å². The third-order valence-corrected chi connectivity index (χ3v) is 5.72. The smallest absolute Gasteiger partial charge is 0.223 e. The fourth-order valence-corrected chi connectivity index (χ4v) is 3.85. The molecule has 3 aromatic rings. The van der Waals surface area contributed by atoms with Crippen molar-refractivity contribution < 1.29 is 9.53 Å². The topological polar surface area (TPSA) is 69.0 Å². The highest BCUT2D eigenvalue weighted by molar-refractivity contribution is 7.98. The molecule has 0 aliphatic carbocycles. The first-order valence-corrected chi connectivity index (χ1v) is 11.0. The number of benzene rings is 2. The first-order chi connectivity index (χ1) is 14.4. The molecule has 158 valence electrons. The highest BCUT2D eigenvalue weighted by Gasteiger charge is 2.22. The van der Waals surface area contributed by atoms with Gasteiger partial charge in [-0.1, -0.05) is 55.4 Å². The third kappa shape index (κ3) is 5.21. The molecule has 0 unspecified atom stereocenters. The Morgan fingerprint density at radius 1 is 1.13 bits per heavy atom. The van der Waals surface area contributed by atoms with Crippen LogP contribution in [0.4, 0.5) is 0 Å². The number of carbonyl (C=O) groups excluding carboxylic acids is 1. The molecular formula is C23H28N4O2S. The molecule has 1 aromatic heterocycles. The molecule has 0 aliphatic heterocycles. The molecule has 2 aromatic carbocycles. The first kappa shape index (κ1) is 21.9. The van der Waals surface area contributed by atoms with Crippen molar-refractivity contribution >= 4 is 17.7 Å². The highest BCUT2D eigenvalue weighted by atomic mass is 32.2. The Hall–Kier alpha value is -2.80. The van der Waals surface area contributed by atoms with Crippen molar-refractivity contribution in [1.82, 2.24) is 20.1 Å². The molecule has 7 heteroatoms. The average Bonchev–Trinajstić information content (AvgIpc) is 3.17. The van der Waals surface area contributed by atoms with Crippen LogP contribution >= 0.6 is 11.8 Å². The van der Waals surface area contributed by atoms with Gasteiger partial charge < -0.3 is 10.1 Å². The zero-order valence-electron chi connectivity index (χ0n) is 18.0. The molecule has 6 nitrogen and oxygen atoms in total. The molecule has 1 heterocycles. The Kier molecular flexibility index (Phi) is 7.15. The van der Waals surface area contributed by atoms with Crippen LogP contribution in [0.15, 0.2) is 53.7 Å². The maximum Gasteiger partial charge on any atom is 0.223 e. The predicted molar refractivity (Wildman–Crippen MR) is 120 cm³/mol. The van der Waals surface area contributed by atoms with Gasteiger partial charge in [-0.25, -0.2) is 0 Å². The van der Waals surface area contributed by atoms with Crippen molar-refractivity contribution in [3.05, 3.63) is 65.5 Å². The number of thioether (sulfide) groups is 1. The Bertz CT molecular complexity index is 999. The highest BCUT2D eigenvalue weighted by Crippen LogP contribution is 2.28. The largest absolute Gasteiger partial charge is 0.497 e. The standard InChI is InChI=1S/C23H28N4O2S/c1-15(2)22(28)24-17(4)21-25-26-23(27(21)19-11-9-16(3)10-12-19)30-14-18-7-6-8-20(13-18)29-5/h6-13,15,17H,14H2,1-5H3,(H,24,28)/t17-/m0/s1. The summed E-state index contributed by atoms with van der Waals surface area (Å²) in [5, 5.41) is 12.7. The molecule has 1 amide bonds. The number of nitrogens with one attached hydrogen (secondary N) is 1. The van der Waals surface area contributed by atoms with E-state index in [1.165, 1.54) is 5.56 Å². The van der Waals surface area contributed by atoms with Gasteiger partial charge in [0, 0.05) is 17.4 Å².